The number of hydrogen-bond acceptors (Lipinski definition) is 14. The second kappa shape index (κ2) is 18.8. The highest BCUT2D eigenvalue weighted by Gasteiger charge is 2.52. The average Bonchev–Trinajstić information content (AvgIpc) is 3.58. The third-order valence-corrected chi connectivity index (χ3v) is 9.73. The first kappa shape index (κ1) is 41.4. The van der Waals surface area contributed by atoms with Crippen LogP contribution in [0, 0.1) is 0 Å². The van der Waals surface area contributed by atoms with Crippen molar-refractivity contribution in [3.63, 3.8) is 0 Å². The molecule has 302 valence electrons. The quantitative estimate of drug-likeness (QED) is 0.104. The van der Waals surface area contributed by atoms with E-state index in [9.17, 15) is 24.3 Å². The number of carbonyl (C=O) groups excluding carboxylic acids is 4. The van der Waals surface area contributed by atoms with Crippen LogP contribution in [-0.2, 0) is 65.5 Å². The Hall–Kier alpha value is -5.26. The van der Waals surface area contributed by atoms with Gasteiger partial charge in [-0.1, -0.05) is 60.7 Å². The third kappa shape index (κ3) is 10.8. The smallest absolute Gasteiger partial charge is 0.303 e. The molecule has 0 spiro atoms. The van der Waals surface area contributed by atoms with Crippen molar-refractivity contribution in [1.82, 2.24) is 9.55 Å². The number of para-hydroxylation sites is 2. The molecule has 6 rings (SSSR count). The van der Waals surface area contributed by atoms with Gasteiger partial charge < -0.3 is 48.1 Å². The molecule has 15 nitrogen and oxygen atoms in total. The molecular weight excluding hydrogens is 759 g/mol. The van der Waals surface area contributed by atoms with Gasteiger partial charge in [0.05, 0.1) is 47.7 Å². The van der Waals surface area contributed by atoms with Crippen molar-refractivity contribution >= 4 is 57.8 Å². The molecule has 8 atom stereocenters. The lowest BCUT2D eigenvalue weighted by molar-refractivity contribution is -0.252. The summed E-state index contributed by atoms with van der Waals surface area (Å²) in [5.41, 5.74) is 4.93. The van der Waals surface area contributed by atoms with Crippen molar-refractivity contribution in [2.75, 3.05) is 11.9 Å². The van der Waals surface area contributed by atoms with Crippen LogP contribution in [0.3, 0.4) is 0 Å². The van der Waals surface area contributed by atoms with E-state index in [-0.39, 0.29) is 36.8 Å². The first-order valence-electron chi connectivity index (χ1n) is 18.5. The molecule has 1 unspecified atom stereocenters. The highest BCUT2D eigenvalue weighted by Crippen LogP contribution is 2.39. The molecule has 1 aromatic heterocycles. The number of hydrogen-bond donors (Lipinski definition) is 2. The van der Waals surface area contributed by atoms with Crippen molar-refractivity contribution in [2.45, 2.75) is 103 Å². The molecule has 0 bridgehead atoms. The SMILES string of the molecule is CC(=O)OC[C@H]1O[C@@H](CC(=S)Nc2cccc(C3O[C@H](Cn4cnc5ccccc54)C[C@H](c4ccc(CO)cc4)O3)c2)[C@H](OC(C)=O)[C@@H](OC(C)=O)[C@@H]1OC(C)=O. The van der Waals surface area contributed by atoms with Gasteiger partial charge in [-0.15, -0.1) is 0 Å². The van der Waals surface area contributed by atoms with Gasteiger partial charge in [0.25, 0.3) is 0 Å². The molecule has 0 radical (unpaired) electrons. The molecule has 0 aliphatic carbocycles. The lowest BCUT2D eigenvalue weighted by atomic mass is 9.92. The molecule has 2 fully saturated rings. The summed E-state index contributed by atoms with van der Waals surface area (Å²) in [6, 6.07) is 22.9. The van der Waals surface area contributed by atoms with Crippen molar-refractivity contribution in [1.29, 1.82) is 0 Å². The zero-order valence-electron chi connectivity index (χ0n) is 31.9. The molecule has 2 aliphatic rings. The predicted molar refractivity (Wildman–Crippen MR) is 207 cm³/mol. The Labute approximate surface area is 334 Å². The van der Waals surface area contributed by atoms with Gasteiger partial charge in [-0.3, -0.25) is 19.2 Å². The van der Waals surface area contributed by atoms with Crippen LogP contribution in [0.4, 0.5) is 5.69 Å². The van der Waals surface area contributed by atoms with E-state index in [2.05, 4.69) is 14.9 Å². The summed E-state index contributed by atoms with van der Waals surface area (Å²) in [4.78, 5) is 53.2. The number of aromatic nitrogens is 2. The lowest BCUT2D eigenvalue weighted by Gasteiger charge is -2.44. The summed E-state index contributed by atoms with van der Waals surface area (Å²) in [5, 5.41) is 12.8. The molecule has 16 heteroatoms. The minimum Gasteiger partial charge on any atom is -0.463 e. The minimum atomic E-state index is -1.30. The van der Waals surface area contributed by atoms with E-state index in [1.54, 1.807) is 6.33 Å². The first-order valence-corrected chi connectivity index (χ1v) is 18.9. The van der Waals surface area contributed by atoms with Gasteiger partial charge >= 0.3 is 23.9 Å². The third-order valence-electron chi connectivity index (χ3n) is 9.46. The van der Waals surface area contributed by atoms with Gasteiger partial charge in [-0.25, -0.2) is 4.98 Å². The summed E-state index contributed by atoms with van der Waals surface area (Å²) in [6.07, 6.45) is -4.94. The van der Waals surface area contributed by atoms with E-state index < -0.39 is 60.7 Å². The van der Waals surface area contributed by atoms with Crippen molar-refractivity contribution in [2.24, 2.45) is 0 Å². The number of benzene rings is 3. The molecule has 57 heavy (non-hydrogen) atoms. The van der Waals surface area contributed by atoms with Crippen molar-refractivity contribution in [3.05, 3.63) is 95.8 Å². The first-order chi connectivity index (χ1) is 27.4. The van der Waals surface area contributed by atoms with Crippen LogP contribution in [0.25, 0.3) is 11.0 Å². The van der Waals surface area contributed by atoms with Gasteiger partial charge in [0.1, 0.15) is 18.8 Å². The van der Waals surface area contributed by atoms with E-state index in [0.717, 1.165) is 36.0 Å². The van der Waals surface area contributed by atoms with Gasteiger partial charge in [0.2, 0.25) is 0 Å². The van der Waals surface area contributed by atoms with Gasteiger partial charge in [0, 0.05) is 51.8 Å². The summed E-state index contributed by atoms with van der Waals surface area (Å²) in [7, 11) is 0. The number of aliphatic hydroxyl groups is 1. The number of carbonyl (C=O) groups is 4. The summed E-state index contributed by atoms with van der Waals surface area (Å²) in [6.45, 7) is 4.84. The molecule has 3 heterocycles. The minimum absolute atomic E-state index is 0.0398. The molecule has 2 saturated heterocycles. The second-order valence-corrected chi connectivity index (χ2v) is 14.3. The van der Waals surface area contributed by atoms with Crippen LogP contribution in [0.1, 0.15) is 69.6 Å². The number of nitrogens with one attached hydrogen (secondary N) is 1. The standard InChI is InChI=1S/C41H45N3O12S/c1-23(46)50-21-36-39(52-25(3)48)40(53-26(4)49)38(51-24(2)47)35(55-36)18-37(57)43-30-9-7-8-29(16-30)41-54-31(19-44-22-42-32-10-5-6-11-33(32)44)17-34(56-41)28-14-12-27(20-45)13-15-28/h5-16,22,31,34-36,38-41,45H,17-21H2,1-4H3,(H,43,57)/t31-,34+,35-,36+,38-,39+,40+,41?/m0/s1. The number of fused-ring (bicyclic) bond motifs is 1. The van der Waals surface area contributed by atoms with E-state index in [1.165, 1.54) is 13.8 Å². The monoisotopic (exact) mass is 803 g/mol. The molecule has 2 aliphatic heterocycles. The Morgan fingerprint density at radius 1 is 0.807 bits per heavy atom. The fraction of sp³-hybridized carbons (Fsp3) is 0.415. The molecule has 0 saturated carbocycles. The molecule has 3 aromatic carbocycles. The van der Waals surface area contributed by atoms with E-state index in [4.69, 9.17) is 45.4 Å². The molecule has 2 N–H and O–H groups in total. The number of imidazole rings is 1. The molecule has 0 amide bonds. The van der Waals surface area contributed by atoms with Gasteiger partial charge in [-0.05, 0) is 35.4 Å². The maximum atomic E-state index is 12.3. The maximum absolute atomic E-state index is 12.3. The maximum Gasteiger partial charge on any atom is 0.303 e. The Morgan fingerprint density at radius 3 is 2.18 bits per heavy atom. The Morgan fingerprint density at radius 2 is 1.49 bits per heavy atom. The summed E-state index contributed by atoms with van der Waals surface area (Å²) >= 11 is 5.78. The fourth-order valence-electron chi connectivity index (χ4n) is 7.05. The molecule has 4 aromatic rings. The van der Waals surface area contributed by atoms with Crippen LogP contribution >= 0.6 is 12.2 Å². The summed E-state index contributed by atoms with van der Waals surface area (Å²) < 4.78 is 43.3. The fourth-order valence-corrected chi connectivity index (χ4v) is 7.33. The zero-order valence-corrected chi connectivity index (χ0v) is 32.7. The van der Waals surface area contributed by atoms with Crippen molar-refractivity contribution in [3.8, 4) is 0 Å². The van der Waals surface area contributed by atoms with E-state index in [1.807, 2.05) is 72.8 Å². The topological polar surface area (TPSA) is 183 Å². The Balaban J connectivity index is 1.22. The summed E-state index contributed by atoms with van der Waals surface area (Å²) in [5.74, 6) is -2.76. The number of aliphatic hydroxyl groups excluding tert-OH is 1. The van der Waals surface area contributed by atoms with Crippen molar-refractivity contribution < 1.29 is 57.4 Å². The average molecular weight is 804 g/mol. The highest BCUT2D eigenvalue weighted by atomic mass is 32.1. The van der Waals surface area contributed by atoms with Gasteiger partial charge in [0.15, 0.2) is 24.6 Å². The second-order valence-electron chi connectivity index (χ2n) is 13.9. The number of anilines is 1. The number of esters is 4. The van der Waals surface area contributed by atoms with Crippen LogP contribution < -0.4 is 5.32 Å². The van der Waals surface area contributed by atoms with E-state index >= 15 is 0 Å². The molecular formula is C41H45N3O12S. The number of thiocarbonyl (C=S) groups is 1. The van der Waals surface area contributed by atoms with Gasteiger partial charge in [-0.2, -0.15) is 0 Å². The number of ether oxygens (including phenoxy) is 7. The predicted octanol–water partition coefficient (Wildman–Crippen LogP) is 5.03. The lowest BCUT2D eigenvalue weighted by Crippen LogP contribution is -2.62. The van der Waals surface area contributed by atoms with Crippen LogP contribution in [0.5, 0.6) is 0 Å². The van der Waals surface area contributed by atoms with Crippen LogP contribution in [-0.4, -0.2) is 86.8 Å². The Bertz CT molecular complexity index is 2070. The van der Waals surface area contributed by atoms with E-state index in [0.29, 0.717) is 24.2 Å². The zero-order chi connectivity index (χ0) is 40.6. The van der Waals surface area contributed by atoms with Crippen LogP contribution in [0.15, 0.2) is 79.1 Å². The highest BCUT2D eigenvalue weighted by molar-refractivity contribution is 7.80. The largest absolute Gasteiger partial charge is 0.463 e. The Kier molecular flexibility index (Phi) is 13.6. The number of nitrogens with zero attached hydrogens (tertiary/aromatic N) is 2. The normalized spacial score (nSPS) is 24.6. The van der Waals surface area contributed by atoms with Crippen LogP contribution in [0.2, 0.25) is 0 Å². The number of rotatable bonds is 13.